The van der Waals surface area contributed by atoms with Crippen molar-refractivity contribution >= 4 is 11.8 Å². The summed E-state index contributed by atoms with van der Waals surface area (Å²) in [7, 11) is 0. The van der Waals surface area contributed by atoms with Crippen LogP contribution in [0, 0.1) is 0 Å². The van der Waals surface area contributed by atoms with Crippen LogP contribution in [-0.4, -0.2) is 18.4 Å². The lowest BCUT2D eigenvalue weighted by Crippen LogP contribution is -2.28. The third-order valence-electron chi connectivity index (χ3n) is 3.49. The van der Waals surface area contributed by atoms with Crippen LogP contribution in [0.15, 0.2) is 53.1 Å². The number of allylic oxidation sites excluding steroid dienone is 2. The molecule has 0 radical (unpaired) electrons. The summed E-state index contributed by atoms with van der Waals surface area (Å²) in [4.78, 5) is 24.4. The van der Waals surface area contributed by atoms with Crippen LogP contribution in [-0.2, 0) is 19.1 Å². The second-order valence-electron chi connectivity index (χ2n) is 4.97. The van der Waals surface area contributed by atoms with Gasteiger partial charge in [-0.25, -0.2) is 4.79 Å². The maximum atomic E-state index is 12.3. The Balaban J connectivity index is 2.62. The molecule has 5 nitrogen and oxygen atoms in total. The van der Waals surface area contributed by atoms with Crippen molar-refractivity contribution in [1.82, 2.24) is 0 Å². The van der Waals surface area contributed by atoms with Crippen LogP contribution >= 0.6 is 0 Å². The number of Topliss-reactive ketones (excluding diaryl/α,β-unsaturated/α-hetero) is 1. The van der Waals surface area contributed by atoms with Crippen molar-refractivity contribution in [2.45, 2.75) is 26.7 Å². The second kappa shape index (κ2) is 6.47. The fraction of sp³-hybridized carbons (Fsp3) is 0.294. The number of esters is 1. The van der Waals surface area contributed by atoms with Crippen molar-refractivity contribution in [3.8, 4) is 0 Å². The number of benzene rings is 1. The van der Waals surface area contributed by atoms with Gasteiger partial charge in [-0.15, -0.1) is 0 Å². The third-order valence-corrected chi connectivity index (χ3v) is 3.49. The highest BCUT2D eigenvalue weighted by Crippen LogP contribution is 2.40. The van der Waals surface area contributed by atoms with Crippen molar-refractivity contribution in [1.29, 1.82) is 0 Å². The minimum atomic E-state index is -0.577. The van der Waals surface area contributed by atoms with E-state index in [-0.39, 0.29) is 23.8 Å². The van der Waals surface area contributed by atoms with Gasteiger partial charge in [0.25, 0.3) is 0 Å². The normalized spacial score (nSPS) is 18.0. The van der Waals surface area contributed by atoms with Crippen LogP contribution in [0.4, 0.5) is 0 Å². The van der Waals surface area contributed by atoms with Crippen LogP contribution in [0.2, 0.25) is 0 Å². The van der Waals surface area contributed by atoms with Gasteiger partial charge in [-0.05, 0) is 26.3 Å². The molecule has 0 aliphatic carbocycles. The predicted molar refractivity (Wildman–Crippen MR) is 81.5 cm³/mol. The van der Waals surface area contributed by atoms with E-state index in [1.165, 1.54) is 6.92 Å². The topological polar surface area (TPSA) is 78.6 Å². The Morgan fingerprint density at radius 3 is 2.41 bits per heavy atom. The molecular weight excluding hydrogens is 282 g/mol. The van der Waals surface area contributed by atoms with E-state index in [1.807, 2.05) is 30.3 Å². The van der Waals surface area contributed by atoms with Gasteiger partial charge in [-0.2, -0.15) is 0 Å². The van der Waals surface area contributed by atoms with E-state index in [2.05, 4.69) is 0 Å². The average molecular weight is 301 g/mol. The molecule has 0 bridgehead atoms. The Morgan fingerprint density at radius 1 is 1.23 bits per heavy atom. The van der Waals surface area contributed by atoms with Crippen LogP contribution in [0.5, 0.6) is 0 Å². The van der Waals surface area contributed by atoms with E-state index in [0.29, 0.717) is 11.3 Å². The van der Waals surface area contributed by atoms with E-state index < -0.39 is 11.9 Å². The molecule has 2 rings (SSSR count). The number of ether oxygens (including phenoxy) is 2. The molecule has 1 aliphatic heterocycles. The Hall–Kier alpha value is -2.56. The van der Waals surface area contributed by atoms with Crippen molar-refractivity contribution in [2.24, 2.45) is 5.73 Å². The SMILES string of the molecule is CCOC(=O)C1=C(N)OC(C)=C(C(C)=O)C1c1ccccc1. The summed E-state index contributed by atoms with van der Waals surface area (Å²) < 4.78 is 10.5. The van der Waals surface area contributed by atoms with Gasteiger partial charge >= 0.3 is 5.97 Å². The lowest BCUT2D eigenvalue weighted by molar-refractivity contribution is -0.139. The lowest BCUT2D eigenvalue weighted by atomic mass is 9.81. The second-order valence-corrected chi connectivity index (χ2v) is 4.97. The molecule has 2 N–H and O–H groups in total. The van der Waals surface area contributed by atoms with Crippen LogP contribution in [0.25, 0.3) is 0 Å². The van der Waals surface area contributed by atoms with Gasteiger partial charge in [0, 0.05) is 5.57 Å². The van der Waals surface area contributed by atoms with Gasteiger partial charge in [0.05, 0.1) is 12.5 Å². The Morgan fingerprint density at radius 2 is 1.86 bits per heavy atom. The number of rotatable bonds is 4. The fourth-order valence-electron chi connectivity index (χ4n) is 2.62. The molecular formula is C17H19NO4. The Bertz CT molecular complexity index is 658. The van der Waals surface area contributed by atoms with Crippen LogP contribution in [0.3, 0.4) is 0 Å². The summed E-state index contributed by atoms with van der Waals surface area (Å²) in [5.41, 5.74) is 7.28. The van der Waals surface area contributed by atoms with E-state index in [9.17, 15) is 9.59 Å². The largest absolute Gasteiger partial charge is 0.462 e. The zero-order valence-electron chi connectivity index (χ0n) is 12.9. The highest BCUT2D eigenvalue weighted by Gasteiger charge is 2.37. The molecule has 1 atom stereocenters. The first-order valence-electron chi connectivity index (χ1n) is 7.08. The number of ketones is 1. The number of hydrogen-bond donors (Lipinski definition) is 1. The summed E-state index contributed by atoms with van der Waals surface area (Å²) in [6.45, 7) is 5.04. The Kier molecular flexibility index (Phi) is 4.65. The summed E-state index contributed by atoms with van der Waals surface area (Å²) in [5.74, 6) is -0.922. The zero-order chi connectivity index (χ0) is 16.3. The molecule has 1 aromatic carbocycles. The number of hydrogen-bond acceptors (Lipinski definition) is 5. The molecule has 5 heteroatoms. The minimum Gasteiger partial charge on any atom is -0.462 e. The summed E-state index contributed by atoms with van der Waals surface area (Å²) in [6.07, 6.45) is 0. The smallest absolute Gasteiger partial charge is 0.340 e. The van der Waals surface area contributed by atoms with Gasteiger partial charge in [0.2, 0.25) is 5.88 Å². The van der Waals surface area contributed by atoms with Gasteiger partial charge in [-0.1, -0.05) is 30.3 Å². The Labute approximate surface area is 129 Å². The molecule has 116 valence electrons. The number of carbonyl (C=O) groups excluding carboxylic acids is 2. The first-order valence-corrected chi connectivity index (χ1v) is 7.08. The summed E-state index contributed by atoms with van der Waals surface area (Å²) in [5, 5.41) is 0. The van der Waals surface area contributed by atoms with Crippen molar-refractivity contribution < 1.29 is 19.1 Å². The van der Waals surface area contributed by atoms with Crippen molar-refractivity contribution in [3.05, 3.63) is 58.7 Å². The molecule has 0 amide bonds. The molecule has 0 saturated carbocycles. The molecule has 1 unspecified atom stereocenters. The molecule has 0 saturated heterocycles. The maximum Gasteiger partial charge on any atom is 0.340 e. The zero-order valence-corrected chi connectivity index (χ0v) is 12.9. The first-order chi connectivity index (χ1) is 10.5. The first kappa shape index (κ1) is 15.8. The van der Waals surface area contributed by atoms with Gasteiger partial charge < -0.3 is 15.2 Å². The third kappa shape index (κ3) is 2.88. The number of nitrogens with two attached hydrogens (primary N) is 1. The molecule has 0 aromatic heterocycles. The molecule has 1 aliphatic rings. The number of carbonyl (C=O) groups is 2. The van der Waals surface area contributed by atoms with Crippen molar-refractivity contribution in [3.63, 3.8) is 0 Å². The average Bonchev–Trinajstić information content (AvgIpc) is 2.47. The van der Waals surface area contributed by atoms with E-state index in [4.69, 9.17) is 15.2 Å². The quantitative estimate of drug-likeness (QED) is 0.864. The monoisotopic (exact) mass is 301 g/mol. The summed E-state index contributed by atoms with van der Waals surface area (Å²) in [6, 6.07) is 9.25. The standard InChI is InChI=1S/C17H19NO4/c1-4-21-17(20)15-14(12-8-6-5-7-9-12)13(10(2)19)11(3)22-16(15)18/h5-9,14H,4,18H2,1-3H3. The lowest BCUT2D eigenvalue weighted by Gasteiger charge is -2.28. The molecule has 1 aromatic rings. The molecule has 1 heterocycles. The van der Waals surface area contributed by atoms with Gasteiger partial charge in [0.1, 0.15) is 11.3 Å². The maximum absolute atomic E-state index is 12.3. The molecule has 22 heavy (non-hydrogen) atoms. The van der Waals surface area contributed by atoms with E-state index in [1.54, 1.807) is 13.8 Å². The van der Waals surface area contributed by atoms with E-state index >= 15 is 0 Å². The van der Waals surface area contributed by atoms with Gasteiger partial charge in [-0.3, -0.25) is 4.79 Å². The minimum absolute atomic E-state index is 0.0187. The molecule has 0 spiro atoms. The summed E-state index contributed by atoms with van der Waals surface area (Å²) >= 11 is 0. The van der Waals surface area contributed by atoms with Crippen LogP contribution in [0.1, 0.15) is 32.3 Å². The van der Waals surface area contributed by atoms with Crippen LogP contribution < -0.4 is 5.73 Å². The highest BCUT2D eigenvalue weighted by molar-refractivity contribution is 6.01. The van der Waals surface area contributed by atoms with E-state index in [0.717, 1.165) is 5.56 Å². The van der Waals surface area contributed by atoms with Gasteiger partial charge in [0.15, 0.2) is 5.78 Å². The molecule has 0 fully saturated rings. The highest BCUT2D eigenvalue weighted by atomic mass is 16.5. The van der Waals surface area contributed by atoms with Crippen molar-refractivity contribution in [2.75, 3.05) is 6.61 Å². The fourth-order valence-corrected chi connectivity index (χ4v) is 2.62. The predicted octanol–water partition coefficient (Wildman–Crippen LogP) is 2.40.